The molecular formula is C9H11BrFNO. The number of hydrogen-bond donors (Lipinski definition) is 1. The molecule has 0 aromatic heterocycles. The molecule has 1 aromatic rings. The molecule has 0 aliphatic heterocycles. The third kappa shape index (κ3) is 2.19. The average molecular weight is 248 g/mol. The summed E-state index contributed by atoms with van der Waals surface area (Å²) in [6, 6.07) is 2.96. The lowest BCUT2D eigenvalue weighted by Gasteiger charge is -2.10. The lowest BCUT2D eigenvalue weighted by molar-refractivity contribution is 0.383. The largest absolute Gasteiger partial charge is 0.492 e. The topological polar surface area (TPSA) is 35.2 Å². The summed E-state index contributed by atoms with van der Waals surface area (Å²) in [6.45, 7) is 1.80. The van der Waals surface area contributed by atoms with Gasteiger partial charge >= 0.3 is 0 Å². The highest BCUT2D eigenvalue weighted by molar-refractivity contribution is 9.10. The molecule has 0 saturated carbocycles. The van der Waals surface area contributed by atoms with E-state index in [4.69, 9.17) is 10.5 Å². The average Bonchev–Trinajstić information content (AvgIpc) is 2.03. The SMILES string of the molecule is COc1c(F)cc(C(C)N)cc1Br. The Balaban J connectivity index is 3.20. The summed E-state index contributed by atoms with van der Waals surface area (Å²) < 4.78 is 18.7. The van der Waals surface area contributed by atoms with Crippen LogP contribution in [0.4, 0.5) is 4.39 Å². The van der Waals surface area contributed by atoms with Crippen molar-refractivity contribution in [2.75, 3.05) is 7.11 Å². The molecule has 0 spiro atoms. The molecule has 0 aliphatic carbocycles. The van der Waals surface area contributed by atoms with E-state index in [1.54, 1.807) is 13.0 Å². The Labute approximate surface area is 85.0 Å². The molecule has 0 fully saturated rings. The number of hydrogen-bond acceptors (Lipinski definition) is 2. The molecule has 1 aromatic carbocycles. The fourth-order valence-electron chi connectivity index (χ4n) is 1.04. The van der Waals surface area contributed by atoms with Crippen molar-refractivity contribution in [2.24, 2.45) is 5.73 Å². The van der Waals surface area contributed by atoms with E-state index in [1.807, 2.05) is 0 Å². The van der Waals surface area contributed by atoms with Crippen LogP contribution in [0, 0.1) is 5.82 Å². The molecule has 0 saturated heterocycles. The first-order valence-corrected chi connectivity index (χ1v) is 4.64. The van der Waals surface area contributed by atoms with Crippen molar-refractivity contribution < 1.29 is 9.13 Å². The zero-order valence-electron chi connectivity index (χ0n) is 7.47. The van der Waals surface area contributed by atoms with Crippen molar-refractivity contribution in [3.05, 3.63) is 28.0 Å². The van der Waals surface area contributed by atoms with Crippen LogP contribution in [0.15, 0.2) is 16.6 Å². The van der Waals surface area contributed by atoms with Crippen molar-refractivity contribution in [3.63, 3.8) is 0 Å². The van der Waals surface area contributed by atoms with E-state index >= 15 is 0 Å². The van der Waals surface area contributed by atoms with Crippen LogP contribution >= 0.6 is 15.9 Å². The normalized spacial score (nSPS) is 12.7. The van der Waals surface area contributed by atoms with Gasteiger partial charge < -0.3 is 10.5 Å². The maximum atomic E-state index is 13.3. The Morgan fingerprint density at radius 1 is 1.54 bits per heavy atom. The zero-order valence-corrected chi connectivity index (χ0v) is 9.06. The van der Waals surface area contributed by atoms with Gasteiger partial charge in [-0.25, -0.2) is 4.39 Å². The molecule has 2 N–H and O–H groups in total. The lowest BCUT2D eigenvalue weighted by Crippen LogP contribution is -2.05. The second kappa shape index (κ2) is 4.07. The van der Waals surface area contributed by atoms with Crippen molar-refractivity contribution in [1.29, 1.82) is 0 Å². The number of methoxy groups -OCH3 is 1. The smallest absolute Gasteiger partial charge is 0.168 e. The second-order valence-electron chi connectivity index (χ2n) is 2.81. The minimum atomic E-state index is -0.399. The molecular weight excluding hydrogens is 237 g/mol. The quantitative estimate of drug-likeness (QED) is 0.873. The van der Waals surface area contributed by atoms with Gasteiger partial charge in [-0.2, -0.15) is 0 Å². The first-order valence-electron chi connectivity index (χ1n) is 3.84. The first kappa shape index (κ1) is 10.5. The predicted molar refractivity (Wildman–Crippen MR) is 53.3 cm³/mol. The summed E-state index contributed by atoms with van der Waals surface area (Å²) in [6.07, 6.45) is 0. The minimum Gasteiger partial charge on any atom is -0.492 e. The van der Waals surface area contributed by atoms with Gasteiger partial charge in [0.05, 0.1) is 11.6 Å². The Morgan fingerprint density at radius 2 is 2.15 bits per heavy atom. The van der Waals surface area contributed by atoms with Crippen molar-refractivity contribution in [2.45, 2.75) is 13.0 Å². The summed E-state index contributed by atoms with van der Waals surface area (Å²) in [5, 5.41) is 0. The van der Waals surface area contributed by atoms with Gasteiger partial charge in [0.2, 0.25) is 0 Å². The third-order valence-electron chi connectivity index (χ3n) is 1.75. The molecule has 1 atom stereocenters. The highest BCUT2D eigenvalue weighted by Crippen LogP contribution is 2.30. The van der Waals surface area contributed by atoms with E-state index in [9.17, 15) is 4.39 Å². The van der Waals surface area contributed by atoms with Crippen LogP contribution < -0.4 is 10.5 Å². The van der Waals surface area contributed by atoms with Crippen LogP contribution in [0.2, 0.25) is 0 Å². The maximum Gasteiger partial charge on any atom is 0.168 e. The van der Waals surface area contributed by atoms with Crippen molar-refractivity contribution in [1.82, 2.24) is 0 Å². The predicted octanol–water partition coefficient (Wildman–Crippen LogP) is 2.62. The molecule has 4 heteroatoms. The van der Waals surface area contributed by atoms with E-state index in [2.05, 4.69) is 15.9 Å². The first-order chi connectivity index (χ1) is 6.06. The summed E-state index contributed by atoms with van der Waals surface area (Å²) in [4.78, 5) is 0. The molecule has 1 unspecified atom stereocenters. The van der Waals surface area contributed by atoms with E-state index in [1.165, 1.54) is 13.2 Å². The van der Waals surface area contributed by atoms with Gasteiger partial charge in [-0.1, -0.05) is 0 Å². The minimum absolute atomic E-state index is 0.184. The van der Waals surface area contributed by atoms with Gasteiger partial charge in [0.1, 0.15) is 0 Å². The van der Waals surface area contributed by atoms with Crippen LogP contribution in [0.1, 0.15) is 18.5 Å². The Morgan fingerprint density at radius 3 is 2.54 bits per heavy atom. The van der Waals surface area contributed by atoms with Gasteiger partial charge in [0.15, 0.2) is 11.6 Å². The number of halogens is 2. The van der Waals surface area contributed by atoms with E-state index in [-0.39, 0.29) is 11.8 Å². The van der Waals surface area contributed by atoms with Crippen molar-refractivity contribution in [3.8, 4) is 5.75 Å². The number of rotatable bonds is 2. The molecule has 0 amide bonds. The molecule has 1 rings (SSSR count). The van der Waals surface area contributed by atoms with Crippen LogP contribution in [0.3, 0.4) is 0 Å². The van der Waals surface area contributed by atoms with E-state index < -0.39 is 5.82 Å². The van der Waals surface area contributed by atoms with Crippen LogP contribution in [0.25, 0.3) is 0 Å². The summed E-state index contributed by atoms with van der Waals surface area (Å²) in [5.74, 6) is -0.187. The molecule has 72 valence electrons. The van der Waals surface area contributed by atoms with E-state index in [0.717, 1.165) is 5.56 Å². The number of benzene rings is 1. The van der Waals surface area contributed by atoms with Gasteiger partial charge in [-0.15, -0.1) is 0 Å². The summed E-state index contributed by atoms with van der Waals surface area (Å²) in [5.41, 5.74) is 6.36. The lowest BCUT2D eigenvalue weighted by atomic mass is 10.1. The highest BCUT2D eigenvalue weighted by Gasteiger charge is 2.11. The molecule has 0 aliphatic rings. The fraction of sp³-hybridized carbons (Fsp3) is 0.333. The second-order valence-corrected chi connectivity index (χ2v) is 3.66. The fourth-order valence-corrected chi connectivity index (χ4v) is 1.65. The van der Waals surface area contributed by atoms with Gasteiger partial charge in [0, 0.05) is 6.04 Å². The standard InChI is InChI=1S/C9H11BrFNO/c1-5(12)6-3-7(10)9(13-2)8(11)4-6/h3-5H,12H2,1-2H3. The Bertz CT molecular complexity index is 291. The van der Waals surface area contributed by atoms with Gasteiger partial charge in [-0.3, -0.25) is 0 Å². The molecule has 0 heterocycles. The van der Waals surface area contributed by atoms with Crippen molar-refractivity contribution >= 4 is 15.9 Å². The molecule has 0 bridgehead atoms. The number of nitrogens with two attached hydrogens (primary N) is 1. The molecule has 13 heavy (non-hydrogen) atoms. The molecule has 2 nitrogen and oxygen atoms in total. The highest BCUT2D eigenvalue weighted by atomic mass is 79.9. The van der Waals surface area contributed by atoms with E-state index in [0.29, 0.717) is 4.47 Å². The van der Waals surface area contributed by atoms with Crippen LogP contribution in [-0.4, -0.2) is 7.11 Å². The van der Waals surface area contributed by atoms with Crippen LogP contribution in [0.5, 0.6) is 5.75 Å². The Hall–Kier alpha value is -0.610. The summed E-state index contributed by atoms with van der Waals surface area (Å²) in [7, 11) is 1.43. The molecule has 0 radical (unpaired) electrons. The number of ether oxygens (including phenoxy) is 1. The monoisotopic (exact) mass is 247 g/mol. The maximum absolute atomic E-state index is 13.3. The van der Waals surface area contributed by atoms with Gasteiger partial charge in [-0.05, 0) is 40.5 Å². The zero-order chi connectivity index (χ0) is 10.0. The Kier molecular flexibility index (Phi) is 3.27. The summed E-state index contributed by atoms with van der Waals surface area (Å²) >= 11 is 3.21. The van der Waals surface area contributed by atoms with Gasteiger partial charge in [0.25, 0.3) is 0 Å². The van der Waals surface area contributed by atoms with Crippen LogP contribution in [-0.2, 0) is 0 Å². The third-order valence-corrected chi connectivity index (χ3v) is 2.34.